The predicted molar refractivity (Wildman–Crippen MR) is 130 cm³/mol. The van der Waals surface area contributed by atoms with Crippen molar-refractivity contribution in [2.24, 2.45) is 11.7 Å². The number of hydrogen-bond donors (Lipinski definition) is 1. The lowest BCUT2D eigenvalue weighted by Gasteiger charge is -2.23. The molecule has 0 amide bonds. The molecule has 0 aromatic heterocycles. The fourth-order valence-corrected chi connectivity index (χ4v) is 2.86. The Labute approximate surface area is 207 Å². The van der Waals surface area contributed by atoms with Gasteiger partial charge >= 0.3 is 23.9 Å². The molecule has 0 heterocycles. The summed E-state index contributed by atoms with van der Waals surface area (Å²) in [6.07, 6.45) is 1.07. The van der Waals surface area contributed by atoms with Crippen LogP contribution in [0, 0.1) is 5.92 Å². The molecule has 0 aliphatic carbocycles. The lowest BCUT2D eigenvalue weighted by Crippen LogP contribution is -2.40. The molecule has 0 aliphatic rings. The maximum Gasteiger partial charge on any atom is 0.323 e. The largest absolute Gasteiger partial charge is 0.459 e. The van der Waals surface area contributed by atoms with E-state index in [2.05, 4.69) is 0 Å². The summed E-state index contributed by atoms with van der Waals surface area (Å²) < 4.78 is 21.5. The van der Waals surface area contributed by atoms with Crippen LogP contribution in [0.3, 0.4) is 0 Å². The second-order valence-electron chi connectivity index (χ2n) is 8.63. The molecule has 0 saturated heterocycles. The van der Waals surface area contributed by atoms with E-state index >= 15 is 0 Å². The van der Waals surface area contributed by atoms with E-state index in [1.165, 1.54) is 12.1 Å². The fraction of sp³-hybridized carbons (Fsp3) is 0.615. The van der Waals surface area contributed by atoms with Crippen molar-refractivity contribution in [2.75, 3.05) is 0 Å². The first-order valence-corrected chi connectivity index (χ1v) is 12.2. The zero-order valence-electron chi connectivity index (χ0n) is 21.6. The van der Waals surface area contributed by atoms with Crippen LogP contribution >= 0.6 is 0 Å². The first kappa shape index (κ1) is 30.1. The second kappa shape index (κ2) is 15.1. The van der Waals surface area contributed by atoms with Gasteiger partial charge in [-0.05, 0) is 57.2 Å². The van der Waals surface area contributed by atoms with Crippen LogP contribution < -0.4 is 15.2 Å². The molecule has 35 heavy (non-hydrogen) atoms. The second-order valence-corrected chi connectivity index (χ2v) is 8.63. The maximum atomic E-state index is 12.5. The minimum Gasteiger partial charge on any atom is -0.459 e. The monoisotopic (exact) mass is 493 g/mol. The third-order valence-corrected chi connectivity index (χ3v) is 5.40. The normalized spacial score (nSPS) is 14.3. The van der Waals surface area contributed by atoms with Gasteiger partial charge in [0.05, 0.1) is 5.92 Å². The van der Waals surface area contributed by atoms with Crippen molar-refractivity contribution < 1.29 is 38.1 Å². The van der Waals surface area contributed by atoms with E-state index in [4.69, 9.17) is 24.7 Å². The van der Waals surface area contributed by atoms with Crippen LogP contribution in [0.5, 0.6) is 11.5 Å². The molecule has 0 spiro atoms. The van der Waals surface area contributed by atoms with Gasteiger partial charge in [0.2, 0.25) is 0 Å². The van der Waals surface area contributed by atoms with Crippen molar-refractivity contribution in [2.45, 2.75) is 98.3 Å². The van der Waals surface area contributed by atoms with E-state index in [9.17, 15) is 19.2 Å². The summed E-state index contributed by atoms with van der Waals surface area (Å²) in [5.41, 5.74) is 6.64. The maximum absolute atomic E-state index is 12.5. The highest BCUT2D eigenvalue weighted by atomic mass is 16.6. The van der Waals surface area contributed by atoms with Crippen molar-refractivity contribution in [3.8, 4) is 11.5 Å². The zero-order chi connectivity index (χ0) is 26.5. The molecule has 9 heteroatoms. The minimum absolute atomic E-state index is 0.0879. The standard InChI is InChI=1S/C26H39NO8/c1-7-10-23(28)34-21-13-12-19(15-22(21)35-24(29)11-8-2)14-20(27)26(31)33-18(6)17(5)32-25(30)16(4)9-3/h12-13,15-18,20H,7-11,14,27H2,1-6H3/t16?,17?,18-,20-/m0/s1. The van der Waals surface area contributed by atoms with Crippen LogP contribution in [0.4, 0.5) is 0 Å². The third kappa shape index (κ3) is 10.5. The lowest BCUT2D eigenvalue weighted by molar-refractivity contribution is -0.168. The Balaban J connectivity index is 2.87. The minimum atomic E-state index is -1.01. The van der Waals surface area contributed by atoms with Crippen LogP contribution in [-0.2, 0) is 35.1 Å². The Morgan fingerprint density at radius 2 is 1.31 bits per heavy atom. The summed E-state index contributed by atoms with van der Waals surface area (Å²) in [6.45, 7) is 10.6. The Morgan fingerprint density at radius 3 is 1.83 bits per heavy atom. The van der Waals surface area contributed by atoms with E-state index in [0.717, 1.165) is 0 Å². The Kier molecular flexibility index (Phi) is 13.0. The van der Waals surface area contributed by atoms with Gasteiger partial charge in [0, 0.05) is 12.8 Å². The summed E-state index contributed by atoms with van der Waals surface area (Å²) in [4.78, 5) is 48.5. The number of rotatable bonds is 14. The van der Waals surface area contributed by atoms with Crippen molar-refractivity contribution in [3.63, 3.8) is 0 Å². The summed E-state index contributed by atoms with van der Waals surface area (Å²) >= 11 is 0. The van der Waals surface area contributed by atoms with Gasteiger partial charge in [-0.3, -0.25) is 19.2 Å². The highest BCUT2D eigenvalue weighted by molar-refractivity contribution is 5.77. The summed E-state index contributed by atoms with van der Waals surface area (Å²) in [5, 5.41) is 0. The van der Waals surface area contributed by atoms with Gasteiger partial charge in [-0.15, -0.1) is 0 Å². The molecule has 0 bridgehead atoms. The van der Waals surface area contributed by atoms with Gasteiger partial charge in [0.15, 0.2) is 11.5 Å². The summed E-state index contributed by atoms with van der Waals surface area (Å²) in [6, 6.07) is 3.66. The molecule has 1 aromatic carbocycles. The zero-order valence-corrected chi connectivity index (χ0v) is 21.6. The number of nitrogens with two attached hydrogens (primary N) is 1. The van der Waals surface area contributed by atoms with Gasteiger partial charge in [-0.25, -0.2) is 0 Å². The van der Waals surface area contributed by atoms with E-state index in [-0.39, 0.29) is 42.6 Å². The van der Waals surface area contributed by atoms with E-state index in [1.54, 1.807) is 26.8 Å². The smallest absolute Gasteiger partial charge is 0.323 e. The van der Waals surface area contributed by atoms with E-state index in [1.807, 2.05) is 20.8 Å². The van der Waals surface area contributed by atoms with Crippen molar-refractivity contribution in [3.05, 3.63) is 23.8 Å². The fourth-order valence-electron chi connectivity index (χ4n) is 2.86. The van der Waals surface area contributed by atoms with E-state index < -0.39 is 36.2 Å². The molecule has 9 nitrogen and oxygen atoms in total. The number of carbonyl (C=O) groups excluding carboxylic acids is 4. The predicted octanol–water partition coefficient (Wildman–Crippen LogP) is 3.88. The third-order valence-electron chi connectivity index (χ3n) is 5.40. The molecule has 2 N–H and O–H groups in total. The molecule has 0 saturated carbocycles. The molecule has 4 atom stereocenters. The summed E-state index contributed by atoms with van der Waals surface area (Å²) in [5.74, 6) is -1.94. The van der Waals surface area contributed by atoms with Gasteiger partial charge in [-0.1, -0.05) is 33.8 Å². The SMILES string of the molecule is CCCC(=O)Oc1ccc(C[C@H](N)C(=O)O[C@@H](C)C(C)OC(=O)C(C)CC)cc1OC(=O)CCC. The van der Waals surface area contributed by atoms with Crippen LogP contribution in [0.25, 0.3) is 0 Å². The average molecular weight is 494 g/mol. The van der Waals surface area contributed by atoms with Gasteiger partial charge in [0.1, 0.15) is 18.2 Å². The van der Waals surface area contributed by atoms with Crippen LogP contribution in [0.15, 0.2) is 18.2 Å². The van der Waals surface area contributed by atoms with Gasteiger partial charge < -0.3 is 24.7 Å². The highest BCUT2D eigenvalue weighted by Gasteiger charge is 2.26. The number of esters is 4. The molecule has 1 rings (SSSR count). The Hall–Kier alpha value is -2.94. The first-order chi connectivity index (χ1) is 16.5. The average Bonchev–Trinajstić information content (AvgIpc) is 2.80. The molecule has 0 radical (unpaired) electrons. The number of benzene rings is 1. The van der Waals surface area contributed by atoms with Crippen molar-refractivity contribution in [1.29, 1.82) is 0 Å². The molecule has 0 aliphatic heterocycles. The van der Waals surface area contributed by atoms with Gasteiger partial charge in [-0.2, -0.15) is 0 Å². The van der Waals surface area contributed by atoms with Crippen LogP contribution in [-0.4, -0.2) is 42.1 Å². The quantitative estimate of drug-likeness (QED) is 0.303. The van der Waals surface area contributed by atoms with Gasteiger partial charge in [0.25, 0.3) is 0 Å². The molecule has 2 unspecified atom stereocenters. The number of ether oxygens (including phenoxy) is 4. The first-order valence-electron chi connectivity index (χ1n) is 12.2. The molecular formula is C26H39NO8. The van der Waals surface area contributed by atoms with Crippen LogP contribution in [0.1, 0.15) is 79.2 Å². The van der Waals surface area contributed by atoms with Crippen LogP contribution in [0.2, 0.25) is 0 Å². The molecule has 196 valence electrons. The molecular weight excluding hydrogens is 454 g/mol. The number of carbonyl (C=O) groups is 4. The highest BCUT2D eigenvalue weighted by Crippen LogP contribution is 2.30. The number of hydrogen-bond acceptors (Lipinski definition) is 9. The van der Waals surface area contributed by atoms with Crippen molar-refractivity contribution >= 4 is 23.9 Å². The summed E-state index contributed by atoms with van der Waals surface area (Å²) in [7, 11) is 0. The molecule has 0 fully saturated rings. The Morgan fingerprint density at radius 1 is 0.800 bits per heavy atom. The lowest BCUT2D eigenvalue weighted by atomic mass is 10.1. The van der Waals surface area contributed by atoms with E-state index in [0.29, 0.717) is 24.8 Å². The molecule has 1 aromatic rings. The topological polar surface area (TPSA) is 131 Å². The van der Waals surface area contributed by atoms with Crippen molar-refractivity contribution in [1.82, 2.24) is 0 Å². The Bertz CT molecular complexity index is 869.